The lowest BCUT2D eigenvalue weighted by atomic mass is 10.1. The number of carbonyl (C=O) groups excluding carboxylic acids is 1. The molecule has 2 heterocycles. The summed E-state index contributed by atoms with van der Waals surface area (Å²) < 4.78 is 27.5. The normalized spacial score (nSPS) is 22.2. The van der Waals surface area contributed by atoms with Crippen molar-refractivity contribution < 1.29 is 13.2 Å². The summed E-state index contributed by atoms with van der Waals surface area (Å²) in [5, 5.41) is 0. The summed E-state index contributed by atoms with van der Waals surface area (Å²) >= 11 is 0. The van der Waals surface area contributed by atoms with Crippen LogP contribution in [0.1, 0.15) is 31.7 Å². The quantitative estimate of drug-likeness (QED) is 0.895. The van der Waals surface area contributed by atoms with Crippen molar-refractivity contribution in [2.45, 2.75) is 43.5 Å². The number of benzene rings is 1. The second-order valence-electron chi connectivity index (χ2n) is 6.21. The van der Waals surface area contributed by atoms with Crippen LogP contribution in [0.5, 0.6) is 0 Å². The van der Waals surface area contributed by atoms with Crippen molar-refractivity contribution in [2.75, 3.05) is 24.5 Å². The second-order valence-corrected chi connectivity index (χ2v) is 8.10. The SMILES string of the molecule is CC(=O)N1CCc2ccc(S(=O)(=O)N3CCCC[C@H]3CN)cc21. The third kappa shape index (κ3) is 2.88. The zero-order valence-corrected chi connectivity index (χ0v) is 14.2. The van der Waals surface area contributed by atoms with Crippen LogP contribution in [0.4, 0.5) is 5.69 Å². The molecule has 0 bridgehead atoms. The molecule has 1 aromatic carbocycles. The topological polar surface area (TPSA) is 83.7 Å². The van der Waals surface area contributed by atoms with Gasteiger partial charge in [-0.3, -0.25) is 4.79 Å². The van der Waals surface area contributed by atoms with Gasteiger partial charge < -0.3 is 10.6 Å². The molecule has 23 heavy (non-hydrogen) atoms. The fourth-order valence-electron chi connectivity index (χ4n) is 3.51. The molecule has 2 N–H and O–H groups in total. The van der Waals surface area contributed by atoms with Gasteiger partial charge in [-0.1, -0.05) is 12.5 Å². The molecule has 0 radical (unpaired) electrons. The Morgan fingerprint density at radius 2 is 2.09 bits per heavy atom. The smallest absolute Gasteiger partial charge is 0.243 e. The van der Waals surface area contributed by atoms with E-state index in [9.17, 15) is 13.2 Å². The number of sulfonamides is 1. The van der Waals surface area contributed by atoms with Crippen LogP contribution in [0, 0.1) is 0 Å². The van der Waals surface area contributed by atoms with E-state index in [2.05, 4.69) is 0 Å². The van der Waals surface area contributed by atoms with E-state index in [1.165, 1.54) is 11.2 Å². The Hall–Kier alpha value is -1.44. The minimum Gasteiger partial charge on any atom is -0.329 e. The summed E-state index contributed by atoms with van der Waals surface area (Å²) in [6, 6.07) is 4.99. The molecule has 1 saturated heterocycles. The van der Waals surface area contributed by atoms with Gasteiger partial charge in [-0.05, 0) is 37.0 Å². The number of piperidine rings is 1. The molecule has 1 aromatic rings. The van der Waals surface area contributed by atoms with Crippen LogP contribution < -0.4 is 10.6 Å². The molecule has 126 valence electrons. The fraction of sp³-hybridized carbons (Fsp3) is 0.562. The Morgan fingerprint density at radius 3 is 2.78 bits per heavy atom. The summed E-state index contributed by atoms with van der Waals surface area (Å²) in [6.07, 6.45) is 3.45. The van der Waals surface area contributed by atoms with Gasteiger partial charge in [-0.25, -0.2) is 8.42 Å². The van der Waals surface area contributed by atoms with Gasteiger partial charge in [-0.15, -0.1) is 0 Å². The molecular weight excluding hydrogens is 314 g/mol. The first-order chi connectivity index (χ1) is 10.9. The Kier molecular flexibility index (Phi) is 4.44. The van der Waals surface area contributed by atoms with Crippen molar-refractivity contribution >= 4 is 21.6 Å². The van der Waals surface area contributed by atoms with E-state index in [1.54, 1.807) is 17.0 Å². The molecule has 7 heteroatoms. The van der Waals surface area contributed by atoms with Gasteiger partial charge in [0.1, 0.15) is 0 Å². The largest absolute Gasteiger partial charge is 0.329 e. The van der Waals surface area contributed by atoms with Gasteiger partial charge in [0.2, 0.25) is 15.9 Å². The average Bonchev–Trinajstić information content (AvgIpc) is 2.98. The maximum absolute atomic E-state index is 13.0. The molecule has 0 saturated carbocycles. The number of anilines is 1. The monoisotopic (exact) mass is 337 g/mol. The lowest BCUT2D eigenvalue weighted by Crippen LogP contribution is -2.47. The van der Waals surface area contributed by atoms with Crippen LogP contribution in [0.15, 0.2) is 23.1 Å². The molecule has 0 spiro atoms. The van der Waals surface area contributed by atoms with Crippen molar-refractivity contribution in [2.24, 2.45) is 5.73 Å². The standard InChI is InChI=1S/C16H23N3O3S/c1-12(20)18-9-7-13-5-6-15(10-16(13)18)23(21,22)19-8-3-2-4-14(19)11-17/h5-6,10,14H,2-4,7-9,11,17H2,1H3/t14-/m0/s1. The van der Waals surface area contributed by atoms with Crippen LogP contribution >= 0.6 is 0 Å². The van der Waals surface area contributed by atoms with Crippen LogP contribution in [0.3, 0.4) is 0 Å². The van der Waals surface area contributed by atoms with E-state index in [0.29, 0.717) is 19.6 Å². The minimum atomic E-state index is -3.58. The Morgan fingerprint density at radius 1 is 1.30 bits per heavy atom. The van der Waals surface area contributed by atoms with Gasteiger partial charge in [0.25, 0.3) is 0 Å². The average molecular weight is 337 g/mol. The van der Waals surface area contributed by atoms with Crippen LogP contribution in [0.25, 0.3) is 0 Å². The molecule has 2 aliphatic heterocycles. The van der Waals surface area contributed by atoms with Crippen molar-refractivity contribution in [1.82, 2.24) is 4.31 Å². The van der Waals surface area contributed by atoms with Gasteiger partial charge in [0.05, 0.1) is 4.90 Å². The molecule has 0 aromatic heterocycles. The van der Waals surface area contributed by atoms with Gasteiger partial charge in [0.15, 0.2) is 0 Å². The molecule has 0 aliphatic carbocycles. The first kappa shape index (κ1) is 16.4. The lowest BCUT2D eigenvalue weighted by molar-refractivity contribution is -0.116. The van der Waals surface area contributed by atoms with Crippen LogP contribution in [-0.2, 0) is 21.2 Å². The molecule has 6 nitrogen and oxygen atoms in total. The van der Waals surface area contributed by atoms with E-state index in [-0.39, 0.29) is 16.8 Å². The third-order valence-electron chi connectivity index (χ3n) is 4.78. The molecule has 0 unspecified atom stereocenters. The number of hydrogen-bond donors (Lipinski definition) is 1. The van der Waals surface area contributed by atoms with Crippen molar-refractivity contribution in [1.29, 1.82) is 0 Å². The van der Waals surface area contributed by atoms with Crippen LogP contribution in [-0.4, -0.2) is 44.3 Å². The van der Waals surface area contributed by atoms with Crippen molar-refractivity contribution in [3.63, 3.8) is 0 Å². The minimum absolute atomic E-state index is 0.0592. The first-order valence-corrected chi connectivity index (χ1v) is 9.52. The van der Waals surface area contributed by atoms with E-state index < -0.39 is 10.0 Å². The van der Waals surface area contributed by atoms with Gasteiger partial charge >= 0.3 is 0 Å². The number of carbonyl (C=O) groups is 1. The molecule has 1 amide bonds. The van der Waals surface area contributed by atoms with E-state index in [4.69, 9.17) is 5.73 Å². The zero-order valence-electron chi connectivity index (χ0n) is 13.4. The number of fused-ring (bicyclic) bond motifs is 1. The Balaban J connectivity index is 1.98. The summed E-state index contributed by atoms with van der Waals surface area (Å²) in [4.78, 5) is 13.6. The predicted octanol–water partition coefficient (Wildman–Crippen LogP) is 1.10. The highest BCUT2D eigenvalue weighted by atomic mass is 32.2. The highest BCUT2D eigenvalue weighted by Crippen LogP contribution is 2.33. The zero-order chi connectivity index (χ0) is 16.6. The van der Waals surface area contributed by atoms with Gasteiger partial charge in [-0.2, -0.15) is 4.31 Å². The second kappa shape index (κ2) is 6.22. The fourth-order valence-corrected chi connectivity index (χ4v) is 5.23. The number of hydrogen-bond acceptors (Lipinski definition) is 4. The maximum atomic E-state index is 13.0. The molecule has 1 fully saturated rings. The van der Waals surface area contributed by atoms with E-state index >= 15 is 0 Å². The highest BCUT2D eigenvalue weighted by molar-refractivity contribution is 7.89. The van der Waals surface area contributed by atoms with E-state index in [1.807, 2.05) is 6.07 Å². The molecular formula is C16H23N3O3S. The molecule has 2 aliphatic rings. The lowest BCUT2D eigenvalue weighted by Gasteiger charge is -2.34. The van der Waals surface area contributed by atoms with E-state index in [0.717, 1.165) is 36.9 Å². The van der Waals surface area contributed by atoms with Gasteiger partial charge in [0, 0.05) is 38.3 Å². The van der Waals surface area contributed by atoms with Crippen molar-refractivity contribution in [3.05, 3.63) is 23.8 Å². The highest BCUT2D eigenvalue weighted by Gasteiger charge is 2.34. The molecule has 1 atom stereocenters. The number of nitrogens with two attached hydrogens (primary N) is 1. The Bertz CT molecular complexity index is 717. The maximum Gasteiger partial charge on any atom is 0.243 e. The Labute approximate surface area is 137 Å². The summed E-state index contributed by atoms with van der Waals surface area (Å²) in [7, 11) is -3.58. The number of amides is 1. The van der Waals surface area contributed by atoms with Crippen molar-refractivity contribution in [3.8, 4) is 0 Å². The number of nitrogens with zero attached hydrogens (tertiary/aromatic N) is 2. The summed E-state index contributed by atoms with van der Waals surface area (Å²) in [5.41, 5.74) is 7.50. The number of rotatable bonds is 3. The van der Waals surface area contributed by atoms with Crippen LogP contribution in [0.2, 0.25) is 0 Å². The summed E-state index contributed by atoms with van der Waals surface area (Å²) in [6.45, 7) is 2.97. The first-order valence-electron chi connectivity index (χ1n) is 8.08. The third-order valence-corrected chi connectivity index (χ3v) is 6.73. The predicted molar refractivity (Wildman–Crippen MR) is 88.8 cm³/mol. The molecule has 3 rings (SSSR count). The summed E-state index contributed by atoms with van der Waals surface area (Å²) in [5.74, 6) is -0.0592.